The Hall–Kier alpha value is 0.440. The van der Waals surface area contributed by atoms with Crippen LogP contribution in [0.2, 0.25) is 0 Å². The van der Waals surface area contributed by atoms with Gasteiger partial charge in [0.1, 0.15) is 0 Å². The molecule has 0 aromatic heterocycles. The molecule has 1 rings (SSSR count). The number of likely N-dealkylation sites (tertiary alicyclic amines) is 1. The molecule has 1 heterocycles. The van der Waals surface area contributed by atoms with Gasteiger partial charge in [-0.2, -0.15) is 0 Å². The maximum Gasteiger partial charge on any atom is 0.00692 e. The molecule has 1 aliphatic heterocycles. The smallest absolute Gasteiger partial charge is 0.00692 e. The van der Waals surface area contributed by atoms with Crippen LogP contribution in [-0.2, 0) is 0 Å². The van der Waals surface area contributed by atoms with Gasteiger partial charge in [0.05, 0.1) is 0 Å². The van der Waals surface area contributed by atoms with Gasteiger partial charge in [-0.15, -0.1) is 0 Å². The van der Waals surface area contributed by atoms with Crippen LogP contribution in [0.3, 0.4) is 0 Å². The fourth-order valence-corrected chi connectivity index (χ4v) is 2.56. The zero-order valence-electron chi connectivity index (χ0n) is 9.64. The minimum Gasteiger partial charge on any atom is -0.303 e. The van der Waals surface area contributed by atoms with Gasteiger partial charge in [0.2, 0.25) is 0 Å². The first-order valence-corrected chi connectivity index (χ1v) is 7.16. The van der Waals surface area contributed by atoms with E-state index in [0.717, 1.165) is 17.2 Å². The van der Waals surface area contributed by atoms with E-state index in [0.29, 0.717) is 0 Å². The van der Waals surface area contributed by atoms with Crippen LogP contribution in [0.15, 0.2) is 0 Å². The van der Waals surface area contributed by atoms with Gasteiger partial charge in [-0.05, 0) is 37.8 Å². The van der Waals surface area contributed by atoms with Crippen molar-refractivity contribution in [2.45, 2.75) is 39.5 Å². The Labute approximate surface area is 97.4 Å². The molecule has 0 spiro atoms. The average molecular weight is 262 g/mol. The van der Waals surface area contributed by atoms with Gasteiger partial charge in [-0.3, -0.25) is 0 Å². The van der Waals surface area contributed by atoms with Crippen molar-refractivity contribution < 1.29 is 0 Å². The van der Waals surface area contributed by atoms with E-state index >= 15 is 0 Å². The highest BCUT2D eigenvalue weighted by Crippen LogP contribution is 2.22. The molecule has 0 saturated carbocycles. The summed E-state index contributed by atoms with van der Waals surface area (Å²) >= 11 is 3.55. The maximum atomic E-state index is 3.55. The van der Waals surface area contributed by atoms with E-state index in [-0.39, 0.29) is 0 Å². The van der Waals surface area contributed by atoms with Gasteiger partial charge in [0.25, 0.3) is 0 Å². The summed E-state index contributed by atoms with van der Waals surface area (Å²) in [5, 5.41) is 1.14. The Kier molecular flexibility index (Phi) is 6.11. The third-order valence-electron chi connectivity index (χ3n) is 3.24. The molecule has 0 bridgehead atoms. The summed E-state index contributed by atoms with van der Waals surface area (Å²) in [5.74, 6) is 1.83. The van der Waals surface area contributed by atoms with Crippen LogP contribution in [0, 0.1) is 11.8 Å². The van der Waals surface area contributed by atoms with Gasteiger partial charge in [0, 0.05) is 11.9 Å². The summed E-state index contributed by atoms with van der Waals surface area (Å²) in [4.78, 5) is 2.64. The number of halogens is 1. The van der Waals surface area contributed by atoms with Crippen LogP contribution in [-0.4, -0.2) is 29.9 Å². The van der Waals surface area contributed by atoms with Gasteiger partial charge < -0.3 is 4.90 Å². The highest BCUT2D eigenvalue weighted by atomic mass is 79.9. The molecule has 0 N–H and O–H groups in total. The average Bonchev–Trinajstić information content (AvgIpc) is 2.21. The maximum absolute atomic E-state index is 3.55. The minimum absolute atomic E-state index is 0.803. The van der Waals surface area contributed by atoms with Crippen LogP contribution in [0.5, 0.6) is 0 Å². The largest absolute Gasteiger partial charge is 0.303 e. The third-order valence-corrected chi connectivity index (χ3v) is 4.34. The van der Waals surface area contributed by atoms with Crippen LogP contribution >= 0.6 is 15.9 Å². The summed E-state index contributed by atoms with van der Waals surface area (Å²) in [5.41, 5.74) is 0. The third kappa shape index (κ3) is 4.31. The number of hydrogen-bond acceptors (Lipinski definition) is 1. The topological polar surface area (TPSA) is 3.24 Å². The molecule has 0 radical (unpaired) electrons. The lowest BCUT2D eigenvalue weighted by molar-refractivity contribution is 0.164. The van der Waals surface area contributed by atoms with Crippen molar-refractivity contribution >= 4 is 15.9 Å². The molecule has 0 aromatic carbocycles. The highest BCUT2D eigenvalue weighted by Gasteiger charge is 2.19. The lowest BCUT2D eigenvalue weighted by atomic mass is 9.92. The summed E-state index contributed by atoms with van der Waals surface area (Å²) in [6.07, 6.45) is 5.68. The van der Waals surface area contributed by atoms with Crippen LogP contribution < -0.4 is 0 Å². The van der Waals surface area contributed by atoms with Gasteiger partial charge >= 0.3 is 0 Å². The molecule has 14 heavy (non-hydrogen) atoms. The molecule has 0 aliphatic carbocycles. The molecule has 1 atom stereocenters. The number of nitrogens with zero attached hydrogens (tertiary/aromatic N) is 1. The second-order valence-corrected chi connectivity index (χ2v) is 5.44. The predicted octanol–water partition coefficient (Wildman–Crippen LogP) is 3.53. The summed E-state index contributed by atoms with van der Waals surface area (Å²) in [6.45, 7) is 8.58. The summed E-state index contributed by atoms with van der Waals surface area (Å²) < 4.78 is 0. The molecule has 1 saturated heterocycles. The normalized spacial score (nSPS) is 22.5. The molecule has 1 aliphatic rings. The molecule has 1 fully saturated rings. The van der Waals surface area contributed by atoms with Crippen molar-refractivity contribution in [1.82, 2.24) is 4.90 Å². The fourth-order valence-electron chi connectivity index (χ4n) is 2.36. The van der Waals surface area contributed by atoms with Crippen molar-refractivity contribution in [3.05, 3.63) is 0 Å². The van der Waals surface area contributed by atoms with Crippen molar-refractivity contribution in [1.29, 1.82) is 0 Å². The van der Waals surface area contributed by atoms with Crippen molar-refractivity contribution in [2.75, 3.05) is 25.0 Å². The van der Waals surface area contributed by atoms with Crippen molar-refractivity contribution in [3.63, 3.8) is 0 Å². The van der Waals surface area contributed by atoms with E-state index in [4.69, 9.17) is 0 Å². The summed E-state index contributed by atoms with van der Waals surface area (Å²) in [7, 11) is 0. The van der Waals surface area contributed by atoms with Crippen LogP contribution in [0.1, 0.15) is 39.5 Å². The highest BCUT2D eigenvalue weighted by molar-refractivity contribution is 9.09. The quantitative estimate of drug-likeness (QED) is 0.685. The standard InChI is InChI=1S/C12H24BrN/c1-3-4-12-5-7-14(8-6-12)10-11(2)9-13/h11-12H,3-10H2,1-2H3. The number of hydrogen-bond donors (Lipinski definition) is 0. The SMILES string of the molecule is CCCC1CCN(CC(C)CBr)CC1. The molecule has 2 heteroatoms. The lowest BCUT2D eigenvalue weighted by Crippen LogP contribution is -2.36. The Bertz CT molecular complexity index is 141. The molecule has 0 aromatic rings. The number of piperidine rings is 1. The monoisotopic (exact) mass is 261 g/mol. The predicted molar refractivity (Wildman–Crippen MR) is 67.0 cm³/mol. The number of alkyl halides is 1. The Morgan fingerprint density at radius 1 is 1.36 bits per heavy atom. The van der Waals surface area contributed by atoms with E-state index in [9.17, 15) is 0 Å². The van der Waals surface area contributed by atoms with Gasteiger partial charge in [-0.25, -0.2) is 0 Å². The molecule has 84 valence electrons. The molecular formula is C12H24BrN. The second kappa shape index (κ2) is 6.84. The minimum atomic E-state index is 0.803. The molecule has 0 amide bonds. The van der Waals surface area contributed by atoms with Gasteiger partial charge in [0.15, 0.2) is 0 Å². The van der Waals surface area contributed by atoms with Crippen molar-refractivity contribution in [2.24, 2.45) is 11.8 Å². The summed E-state index contributed by atoms with van der Waals surface area (Å²) in [6, 6.07) is 0. The zero-order valence-corrected chi connectivity index (χ0v) is 11.2. The van der Waals surface area contributed by atoms with Gasteiger partial charge in [-0.1, -0.05) is 42.6 Å². The first-order chi connectivity index (χ1) is 6.76. The van der Waals surface area contributed by atoms with E-state index < -0.39 is 0 Å². The van der Waals surface area contributed by atoms with Crippen molar-refractivity contribution in [3.8, 4) is 0 Å². The van der Waals surface area contributed by atoms with E-state index in [1.807, 2.05) is 0 Å². The Morgan fingerprint density at radius 2 is 2.00 bits per heavy atom. The molecule has 1 nitrogen and oxygen atoms in total. The fraction of sp³-hybridized carbons (Fsp3) is 1.00. The second-order valence-electron chi connectivity index (χ2n) is 4.79. The van der Waals surface area contributed by atoms with E-state index in [2.05, 4.69) is 34.7 Å². The Balaban J connectivity index is 2.15. The zero-order chi connectivity index (χ0) is 10.4. The first-order valence-electron chi connectivity index (χ1n) is 6.04. The lowest BCUT2D eigenvalue weighted by Gasteiger charge is -2.33. The molecular weight excluding hydrogens is 238 g/mol. The number of rotatable bonds is 5. The molecule has 1 unspecified atom stereocenters. The van der Waals surface area contributed by atoms with Crippen LogP contribution in [0.25, 0.3) is 0 Å². The Morgan fingerprint density at radius 3 is 2.50 bits per heavy atom. The first kappa shape index (κ1) is 12.5. The van der Waals surface area contributed by atoms with E-state index in [1.54, 1.807) is 0 Å². The van der Waals surface area contributed by atoms with E-state index in [1.165, 1.54) is 45.3 Å². The van der Waals surface area contributed by atoms with Crippen LogP contribution in [0.4, 0.5) is 0 Å².